The van der Waals surface area contributed by atoms with Crippen molar-refractivity contribution in [3.05, 3.63) is 12.2 Å². The highest BCUT2D eigenvalue weighted by molar-refractivity contribution is 7.47. The molecule has 0 saturated heterocycles. The van der Waals surface area contributed by atoms with E-state index in [0.29, 0.717) is 13.0 Å². The molecule has 3 N–H and O–H groups in total. The van der Waals surface area contributed by atoms with Crippen LogP contribution in [-0.2, 0) is 27.9 Å². The van der Waals surface area contributed by atoms with E-state index in [1.165, 1.54) is 89.9 Å². The van der Waals surface area contributed by atoms with Crippen LogP contribution in [0, 0.1) is 0 Å². The minimum Gasteiger partial charge on any atom is -0.457 e. The Bertz CT molecular complexity index is 633. The number of nitrogens with two attached hydrogens (primary N) is 1. The van der Waals surface area contributed by atoms with Gasteiger partial charge in [-0.3, -0.25) is 13.8 Å². The van der Waals surface area contributed by atoms with Gasteiger partial charge in [0.1, 0.15) is 6.10 Å². The van der Waals surface area contributed by atoms with Gasteiger partial charge >= 0.3 is 13.8 Å². The van der Waals surface area contributed by atoms with Crippen LogP contribution in [0.4, 0.5) is 0 Å². The summed E-state index contributed by atoms with van der Waals surface area (Å²) in [6.45, 7) is 4.73. The van der Waals surface area contributed by atoms with Crippen molar-refractivity contribution >= 4 is 13.8 Å². The molecule has 0 amide bonds. The lowest BCUT2D eigenvalue weighted by Crippen LogP contribution is -2.28. The summed E-state index contributed by atoms with van der Waals surface area (Å²) in [5.74, 6) is -0.356. The lowest BCUT2D eigenvalue weighted by molar-refractivity contribution is -0.154. The lowest BCUT2D eigenvalue weighted by Gasteiger charge is -2.20. The van der Waals surface area contributed by atoms with Crippen LogP contribution in [0.3, 0.4) is 0 Å². The van der Waals surface area contributed by atoms with E-state index in [1.807, 2.05) is 0 Å². The van der Waals surface area contributed by atoms with Crippen LogP contribution in [0.15, 0.2) is 12.2 Å². The molecule has 238 valence electrons. The molecule has 0 rings (SSSR count). The summed E-state index contributed by atoms with van der Waals surface area (Å²) in [4.78, 5) is 21.8. The molecular formula is C31H62NO7P. The van der Waals surface area contributed by atoms with Crippen molar-refractivity contribution in [2.75, 3.05) is 33.0 Å². The van der Waals surface area contributed by atoms with Crippen molar-refractivity contribution in [2.24, 2.45) is 5.73 Å². The van der Waals surface area contributed by atoms with Gasteiger partial charge in [-0.25, -0.2) is 4.57 Å². The molecule has 40 heavy (non-hydrogen) atoms. The number of esters is 1. The first-order valence-corrected chi connectivity index (χ1v) is 17.7. The largest absolute Gasteiger partial charge is 0.472 e. The van der Waals surface area contributed by atoms with E-state index in [4.69, 9.17) is 24.3 Å². The number of hydrogen-bond donors (Lipinski definition) is 2. The first-order chi connectivity index (χ1) is 19.4. The minimum atomic E-state index is -4.24. The van der Waals surface area contributed by atoms with Crippen molar-refractivity contribution in [1.82, 2.24) is 0 Å². The molecular weight excluding hydrogens is 529 g/mol. The molecule has 8 nitrogen and oxygen atoms in total. The number of rotatable bonds is 31. The van der Waals surface area contributed by atoms with Gasteiger partial charge in [0, 0.05) is 19.6 Å². The van der Waals surface area contributed by atoms with E-state index in [0.717, 1.165) is 32.1 Å². The summed E-state index contributed by atoms with van der Waals surface area (Å²) >= 11 is 0. The van der Waals surface area contributed by atoms with Gasteiger partial charge in [-0.2, -0.15) is 0 Å². The van der Waals surface area contributed by atoms with E-state index in [9.17, 15) is 14.3 Å². The fourth-order valence-electron chi connectivity index (χ4n) is 4.28. The monoisotopic (exact) mass is 591 g/mol. The second kappa shape index (κ2) is 29.7. The molecule has 0 saturated carbocycles. The second-order valence-corrected chi connectivity index (χ2v) is 12.1. The minimum absolute atomic E-state index is 0.0948. The zero-order chi connectivity index (χ0) is 29.6. The van der Waals surface area contributed by atoms with Crippen molar-refractivity contribution < 1.29 is 32.8 Å². The number of carbonyl (C=O) groups is 1. The molecule has 0 bridgehead atoms. The Morgan fingerprint density at radius 3 is 1.82 bits per heavy atom. The first kappa shape index (κ1) is 39.2. The van der Waals surface area contributed by atoms with Gasteiger partial charge in [0.2, 0.25) is 0 Å². The Labute approximate surface area is 245 Å². The predicted molar refractivity (Wildman–Crippen MR) is 164 cm³/mol. The molecule has 0 fully saturated rings. The highest BCUT2D eigenvalue weighted by Gasteiger charge is 2.25. The maximum Gasteiger partial charge on any atom is 0.472 e. The molecule has 0 aliphatic carbocycles. The maximum absolute atomic E-state index is 12.1. The maximum atomic E-state index is 12.1. The van der Waals surface area contributed by atoms with E-state index >= 15 is 0 Å². The van der Waals surface area contributed by atoms with Crippen molar-refractivity contribution in [2.45, 2.75) is 148 Å². The molecule has 0 spiro atoms. The molecule has 2 atom stereocenters. The van der Waals surface area contributed by atoms with Crippen molar-refractivity contribution in [3.8, 4) is 0 Å². The van der Waals surface area contributed by atoms with Crippen LogP contribution in [-0.4, -0.2) is 49.9 Å². The standard InChI is InChI=1S/C31H62NO7P/c1-3-5-7-8-9-10-11-12-13-14-15-16-17-18-19-20-21-23-26-36-28-30(39-31(33)24-22-6-4-2)29-38-40(34,35)37-27-25-32/h12-13,30H,3-11,14-29,32H2,1-2H3,(H,34,35)/b13-12-. The third-order valence-electron chi connectivity index (χ3n) is 6.68. The van der Waals surface area contributed by atoms with Crippen LogP contribution < -0.4 is 5.73 Å². The van der Waals surface area contributed by atoms with Gasteiger partial charge in [-0.15, -0.1) is 0 Å². The topological polar surface area (TPSA) is 117 Å². The third-order valence-corrected chi connectivity index (χ3v) is 7.67. The Balaban J connectivity index is 3.84. The smallest absolute Gasteiger partial charge is 0.457 e. The Kier molecular flexibility index (Phi) is 29.2. The summed E-state index contributed by atoms with van der Waals surface area (Å²) in [6.07, 6.45) is 27.3. The van der Waals surface area contributed by atoms with Gasteiger partial charge in [0.15, 0.2) is 0 Å². The Morgan fingerprint density at radius 1 is 0.725 bits per heavy atom. The third kappa shape index (κ3) is 28.8. The zero-order valence-corrected chi connectivity index (χ0v) is 26.7. The van der Waals surface area contributed by atoms with E-state index in [2.05, 4.69) is 26.0 Å². The highest BCUT2D eigenvalue weighted by atomic mass is 31.2. The molecule has 2 unspecified atom stereocenters. The number of ether oxygens (including phenoxy) is 2. The number of allylic oxidation sites excluding steroid dienone is 2. The molecule has 0 aliphatic rings. The normalized spacial score (nSPS) is 14.0. The van der Waals surface area contributed by atoms with Gasteiger partial charge in [0.05, 0.1) is 19.8 Å². The molecule has 0 aromatic rings. The van der Waals surface area contributed by atoms with Crippen LogP contribution >= 0.6 is 7.82 Å². The molecule has 9 heteroatoms. The Hall–Kier alpha value is -0.760. The molecule has 0 aromatic carbocycles. The van der Waals surface area contributed by atoms with Gasteiger partial charge in [-0.1, -0.05) is 109 Å². The van der Waals surface area contributed by atoms with E-state index in [1.54, 1.807) is 0 Å². The summed E-state index contributed by atoms with van der Waals surface area (Å²) in [5.41, 5.74) is 5.30. The van der Waals surface area contributed by atoms with Crippen LogP contribution in [0.5, 0.6) is 0 Å². The fraction of sp³-hybridized carbons (Fsp3) is 0.903. The molecule has 0 heterocycles. The quantitative estimate of drug-likeness (QED) is 0.0357. The van der Waals surface area contributed by atoms with Crippen LogP contribution in [0.25, 0.3) is 0 Å². The molecule has 0 aliphatic heterocycles. The number of phosphoric ester groups is 1. The number of carbonyl (C=O) groups excluding carboxylic acids is 1. The van der Waals surface area contributed by atoms with Crippen molar-refractivity contribution in [1.29, 1.82) is 0 Å². The SMILES string of the molecule is CCCCCCCC/C=C\CCCCCCCCCCOCC(COP(=O)(O)OCCN)OC(=O)CCCCC. The van der Waals surface area contributed by atoms with Gasteiger partial charge < -0.3 is 20.1 Å². The zero-order valence-electron chi connectivity index (χ0n) is 25.8. The van der Waals surface area contributed by atoms with Crippen LogP contribution in [0.1, 0.15) is 142 Å². The number of phosphoric acid groups is 1. The van der Waals surface area contributed by atoms with Gasteiger partial charge in [-0.05, 0) is 38.5 Å². The predicted octanol–water partition coefficient (Wildman–Crippen LogP) is 8.41. The number of unbranched alkanes of at least 4 members (excludes halogenated alkanes) is 16. The van der Waals surface area contributed by atoms with E-state index in [-0.39, 0.29) is 32.3 Å². The molecule has 0 radical (unpaired) electrons. The highest BCUT2D eigenvalue weighted by Crippen LogP contribution is 2.43. The summed E-state index contributed by atoms with van der Waals surface area (Å²) in [7, 11) is -4.24. The Morgan fingerprint density at radius 2 is 1.25 bits per heavy atom. The van der Waals surface area contributed by atoms with Crippen molar-refractivity contribution in [3.63, 3.8) is 0 Å². The average molecular weight is 592 g/mol. The van der Waals surface area contributed by atoms with Crippen LogP contribution in [0.2, 0.25) is 0 Å². The lowest BCUT2D eigenvalue weighted by atomic mass is 10.1. The summed E-state index contributed by atoms with van der Waals surface area (Å²) in [6, 6.07) is 0. The van der Waals surface area contributed by atoms with Gasteiger partial charge in [0.25, 0.3) is 0 Å². The average Bonchev–Trinajstić information content (AvgIpc) is 2.93. The number of hydrogen-bond acceptors (Lipinski definition) is 7. The fourth-order valence-corrected chi connectivity index (χ4v) is 5.05. The molecule has 0 aromatic heterocycles. The van der Waals surface area contributed by atoms with E-state index < -0.39 is 13.9 Å². The first-order valence-electron chi connectivity index (χ1n) is 16.2. The summed E-state index contributed by atoms with van der Waals surface area (Å²) in [5, 5.41) is 0. The second-order valence-electron chi connectivity index (χ2n) is 10.7. The summed E-state index contributed by atoms with van der Waals surface area (Å²) < 4.78 is 32.8.